The van der Waals surface area contributed by atoms with Crippen LogP contribution in [0.1, 0.15) is 27.2 Å². The third-order valence-electron chi connectivity index (χ3n) is 3.45. The van der Waals surface area contributed by atoms with Crippen molar-refractivity contribution in [3.63, 3.8) is 0 Å². The van der Waals surface area contributed by atoms with E-state index in [1.54, 1.807) is 0 Å². The standard InChI is InChI=1S/C14H19N3O9/c1-6(18)23-5-10-9(4-11(21)22)12(24-7(2)19)13(25-8(3)20)14(26-10)16-17-15/h9-10,12-15H,4-5H2,1-3H3/t9-,10+,12+,13+,14+/m1/s1. The minimum atomic E-state index is -1.48. The number of esters is 3. The largest absolute Gasteiger partial charge is 0.550 e. The topological polar surface area (TPSA) is 179 Å². The molecule has 0 unspecified atom stereocenters. The molecule has 1 saturated heterocycles. The van der Waals surface area contributed by atoms with Crippen LogP contribution in [0.5, 0.6) is 0 Å². The number of carbonyl (C=O) groups is 4. The van der Waals surface area contributed by atoms with E-state index in [-0.39, 0.29) is 6.61 Å². The van der Waals surface area contributed by atoms with Gasteiger partial charge in [-0.05, 0) is 6.42 Å². The van der Waals surface area contributed by atoms with Gasteiger partial charge < -0.3 is 28.8 Å². The second-order valence-corrected chi connectivity index (χ2v) is 5.47. The van der Waals surface area contributed by atoms with Gasteiger partial charge in [0.2, 0.25) is 4.91 Å². The maximum absolute atomic E-state index is 11.5. The number of hydrogen-bond donors (Lipinski definition) is 1. The second-order valence-electron chi connectivity index (χ2n) is 5.47. The van der Waals surface area contributed by atoms with E-state index in [0.717, 1.165) is 20.8 Å². The van der Waals surface area contributed by atoms with Gasteiger partial charge >= 0.3 is 17.9 Å². The fraction of sp³-hybridized carbons (Fsp3) is 0.714. The average Bonchev–Trinajstić information content (AvgIpc) is 2.50. The summed E-state index contributed by atoms with van der Waals surface area (Å²) in [6.07, 6.45) is -5.71. The van der Waals surface area contributed by atoms with Gasteiger partial charge in [-0.3, -0.25) is 14.4 Å². The van der Waals surface area contributed by atoms with Crippen LogP contribution in [0.3, 0.4) is 0 Å². The smallest absolute Gasteiger partial charge is 0.303 e. The van der Waals surface area contributed by atoms with Crippen LogP contribution in [-0.4, -0.2) is 55.0 Å². The first-order valence-electron chi connectivity index (χ1n) is 7.55. The SMILES string of the molecule is CC(=O)OC[C@@H]1O[C@H](N=[N+]=N)[C@@H](OC(C)=O)[C@@H](OC(C)=O)[C@@H]1CC(=O)[O-]. The highest BCUT2D eigenvalue weighted by Crippen LogP contribution is 2.33. The Balaban J connectivity index is 3.28. The Morgan fingerprint density at radius 3 is 2.12 bits per heavy atom. The van der Waals surface area contributed by atoms with Crippen LogP contribution in [0.25, 0.3) is 0 Å². The summed E-state index contributed by atoms with van der Waals surface area (Å²) in [6, 6.07) is 0. The fourth-order valence-corrected chi connectivity index (χ4v) is 2.59. The molecule has 0 aromatic carbocycles. The Morgan fingerprint density at radius 1 is 1.08 bits per heavy atom. The zero-order valence-corrected chi connectivity index (χ0v) is 14.4. The maximum Gasteiger partial charge on any atom is 0.303 e. The second kappa shape index (κ2) is 9.59. The Hall–Kier alpha value is -2.85. The predicted octanol–water partition coefficient (Wildman–Crippen LogP) is -1.56. The molecule has 144 valence electrons. The lowest BCUT2D eigenvalue weighted by Gasteiger charge is -2.42. The highest BCUT2D eigenvalue weighted by atomic mass is 16.6. The van der Waals surface area contributed by atoms with Crippen molar-refractivity contribution < 1.29 is 43.2 Å². The van der Waals surface area contributed by atoms with Crippen molar-refractivity contribution in [2.75, 3.05) is 6.61 Å². The molecule has 1 rings (SSSR count). The van der Waals surface area contributed by atoms with Gasteiger partial charge in [0.05, 0.1) is 0 Å². The van der Waals surface area contributed by atoms with E-state index < -0.39 is 60.8 Å². The van der Waals surface area contributed by atoms with Gasteiger partial charge in [0.15, 0.2) is 11.2 Å². The molecule has 1 N–H and O–H groups in total. The molecule has 1 aliphatic heterocycles. The van der Waals surface area contributed by atoms with E-state index >= 15 is 0 Å². The lowest BCUT2D eigenvalue weighted by molar-refractivity contribution is -0.311. The van der Waals surface area contributed by atoms with Crippen molar-refractivity contribution in [2.45, 2.75) is 51.7 Å². The highest BCUT2D eigenvalue weighted by Gasteiger charge is 2.52. The molecule has 12 heteroatoms. The number of aliphatic carboxylic acids is 1. The summed E-state index contributed by atoms with van der Waals surface area (Å²) < 4.78 is 20.5. The quantitative estimate of drug-likeness (QED) is 0.239. The molecule has 1 fully saturated rings. The van der Waals surface area contributed by atoms with E-state index in [1.165, 1.54) is 0 Å². The van der Waals surface area contributed by atoms with Gasteiger partial charge in [-0.15, -0.1) is 0 Å². The highest BCUT2D eigenvalue weighted by molar-refractivity contribution is 5.68. The number of carboxylic acid groups (broad SMARTS) is 1. The van der Waals surface area contributed by atoms with Crippen LogP contribution in [-0.2, 0) is 38.1 Å². The third kappa shape index (κ3) is 6.22. The third-order valence-corrected chi connectivity index (χ3v) is 3.45. The van der Waals surface area contributed by atoms with Gasteiger partial charge in [0.1, 0.15) is 24.3 Å². The molecule has 0 radical (unpaired) electrons. The number of hydrogen-bond acceptors (Lipinski definition) is 11. The van der Waals surface area contributed by atoms with Gasteiger partial charge in [-0.1, -0.05) is 0 Å². The molecule has 1 heterocycles. The minimum absolute atomic E-state index is 0.373. The molecule has 0 aromatic heterocycles. The number of nitrogens with zero attached hydrogens (tertiary/aromatic N) is 2. The van der Waals surface area contributed by atoms with Crippen molar-refractivity contribution in [3.05, 3.63) is 0 Å². The van der Waals surface area contributed by atoms with E-state index in [1.807, 2.05) is 0 Å². The van der Waals surface area contributed by atoms with Crippen molar-refractivity contribution in [1.82, 2.24) is 4.91 Å². The summed E-state index contributed by atoms with van der Waals surface area (Å²) >= 11 is 0. The first kappa shape index (κ1) is 21.2. The van der Waals surface area contributed by atoms with Crippen molar-refractivity contribution >= 4 is 23.9 Å². The first-order chi connectivity index (χ1) is 12.1. The molecule has 0 aliphatic carbocycles. The van der Waals surface area contributed by atoms with Crippen LogP contribution in [0.4, 0.5) is 0 Å². The summed E-state index contributed by atoms with van der Waals surface area (Å²) in [5.41, 5.74) is 6.86. The molecule has 0 bridgehead atoms. The Kier molecular flexibility index (Phi) is 7.81. The van der Waals surface area contributed by atoms with Crippen LogP contribution in [0.2, 0.25) is 0 Å². The Morgan fingerprint density at radius 2 is 1.65 bits per heavy atom. The molecular weight excluding hydrogens is 354 g/mol. The lowest BCUT2D eigenvalue weighted by atomic mass is 9.85. The van der Waals surface area contributed by atoms with Crippen LogP contribution >= 0.6 is 0 Å². The molecular formula is C14H19N3O9. The summed E-state index contributed by atoms with van der Waals surface area (Å²) in [7, 11) is 0. The fourth-order valence-electron chi connectivity index (χ4n) is 2.59. The number of rotatable bonds is 7. The number of carbonyl (C=O) groups excluding carboxylic acids is 4. The molecule has 26 heavy (non-hydrogen) atoms. The molecule has 0 aromatic rings. The zero-order chi connectivity index (χ0) is 19.9. The van der Waals surface area contributed by atoms with Crippen molar-refractivity contribution in [2.24, 2.45) is 11.0 Å². The molecule has 5 atom stereocenters. The van der Waals surface area contributed by atoms with E-state index in [4.69, 9.17) is 24.5 Å². The molecule has 1 aliphatic rings. The first-order valence-corrected chi connectivity index (χ1v) is 7.55. The molecule has 0 spiro atoms. The Bertz CT molecular complexity index is 617. The van der Waals surface area contributed by atoms with Gasteiger partial charge in [0.25, 0.3) is 6.23 Å². The van der Waals surface area contributed by atoms with Gasteiger partial charge in [-0.2, -0.15) is 0 Å². The van der Waals surface area contributed by atoms with Crippen molar-refractivity contribution in [3.8, 4) is 0 Å². The summed E-state index contributed by atoms with van der Waals surface area (Å²) in [5, 5.41) is 14.6. The maximum atomic E-state index is 11.5. The number of nitrogens with one attached hydrogen (secondary N) is 1. The number of carboxylic acids is 1. The van der Waals surface area contributed by atoms with Gasteiger partial charge in [-0.25, -0.2) is 0 Å². The van der Waals surface area contributed by atoms with Gasteiger partial charge in [0, 0.05) is 32.7 Å². The summed E-state index contributed by atoms with van der Waals surface area (Å²) in [4.78, 5) is 47.9. The normalized spacial score (nSPS) is 27.6. The summed E-state index contributed by atoms with van der Waals surface area (Å²) in [6.45, 7) is 2.93. The van der Waals surface area contributed by atoms with Crippen LogP contribution in [0.15, 0.2) is 5.11 Å². The zero-order valence-electron chi connectivity index (χ0n) is 14.4. The van der Waals surface area contributed by atoms with E-state index in [9.17, 15) is 24.3 Å². The monoisotopic (exact) mass is 373 g/mol. The molecule has 0 saturated carbocycles. The van der Waals surface area contributed by atoms with E-state index in [0.29, 0.717) is 0 Å². The Labute approximate surface area is 148 Å². The van der Waals surface area contributed by atoms with Crippen LogP contribution < -0.4 is 10.0 Å². The average molecular weight is 373 g/mol. The van der Waals surface area contributed by atoms with E-state index in [2.05, 4.69) is 10.0 Å². The molecule has 0 amide bonds. The predicted molar refractivity (Wildman–Crippen MR) is 76.8 cm³/mol. The molecule has 12 nitrogen and oxygen atoms in total. The summed E-state index contributed by atoms with van der Waals surface area (Å²) in [5.74, 6) is -4.74. The van der Waals surface area contributed by atoms with Crippen LogP contribution in [0, 0.1) is 11.4 Å². The minimum Gasteiger partial charge on any atom is -0.550 e. The number of ether oxygens (including phenoxy) is 4. The lowest BCUT2D eigenvalue weighted by Crippen LogP contribution is -2.58. The van der Waals surface area contributed by atoms with Crippen molar-refractivity contribution in [1.29, 1.82) is 5.53 Å².